The summed E-state index contributed by atoms with van der Waals surface area (Å²) in [6, 6.07) is 0.425. The summed E-state index contributed by atoms with van der Waals surface area (Å²) in [5, 5.41) is 0. The van der Waals surface area contributed by atoms with Gasteiger partial charge >= 0.3 is 0 Å². The summed E-state index contributed by atoms with van der Waals surface area (Å²) >= 11 is 0. The van der Waals surface area contributed by atoms with Gasteiger partial charge in [0.25, 0.3) is 0 Å². The fourth-order valence-electron chi connectivity index (χ4n) is 2.76. The summed E-state index contributed by atoms with van der Waals surface area (Å²) < 4.78 is 0. The SMILES string of the molecule is CC(C)CC(CN)CC(=O)N1CCCCC1C. The summed E-state index contributed by atoms with van der Waals surface area (Å²) in [5.74, 6) is 1.29. The number of hydrogen-bond donors (Lipinski definition) is 1. The highest BCUT2D eigenvalue weighted by Gasteiger charge is 2.25. The first-order valence-electron chi connectivity index (χ1n) is 7.04. The van der Waals surface area contributed by atoms with Gasteiger partial charge in [0.05, 0.1) is 0 Å². The maximum Gasteiger partial charge on any atom is 0.223 e. The van der Waals surface area contributed by atoms with Crippen LogP contribution in [0.4, 0.5) is 0 Å². The number of hydrogen-bond acceptors (Lipinski definition) is 2. The molecule has 3 nitrogen and oxygen atoms in total. The number of carbonyl (C=O) groups is 1. The first-order valence-corrected chi connectivity index (χ1v) is 7.04. The number of carbonyl (C=O) groups excluding carboxylic acids is 1. The Balaban J connectivity index is 2.45. The van der Waals surface area contributed by atoms with Crippen LogP contribution >= 0.6 is 0 Å². The lowest BCUT2D eigenvalue weighted by Gasteiger charge is -2.34. The van der Waals surface area contributed by atoms with E-state index >= 15 is 0 Å². The fourth-order valence-corrected chi connectivity index (χ4v) is 2.76. The van der Waals surface area contributed by atoms with E-state index in [4.69, 9.17) is 5.73 Å². The van der Waals surface area contributed by atoms with E-state index in [2.05, 4.69) is 25.7 Å². The van der Waals surface area contributed by atoms with Crippen molar-refractivity contribution in [2.24, 2.45) is 17.6 Å². The number of rotatable bonds is 5. The van der Waals surface area contributed by atoms with Crippen molar-refractivity contribution >= 4 is 5.91 Å². The topological polar surface area (TPSA) is 46.3 Å². The largest absolute Gasteiger partial charge is 0.340 e. The molecule has 0 bridgehead atoms. The average molecular weight is 240 g/mol. The lowest BCUT2D eigenvalue weighted by Crippen LogP contribution is -2.43. The minimum atomic E-state index is 0.313. The van der Waals surface area contributed by atoms with Crippen molar-refractivity contribution in [3.63, 3.8) is 0 Å². The van der Waals surface area contributed by atoms with E-state index in [0.717, 1.165) is 25.8 Å². The molecule has 100 valence electrons. The van der Waals surface area contributed by atoms with Crippen LogP contribution in [0.5, 0.6) is 0 Å². The van der Waals surface area contributed by atoms with Gasteiger partial charge < -0.3 is 10.6 Å². The van der Waals surface area contributed by atoms with Gasteiger partial charge in [0.2, 0.25) is 5.91 Å². The van der Waals surface area contributed by atoms with Gasteiger partial charge in [-0.15, -0.1) is 0 Å². The number of likely N-dealkylation sites (tertiary alicyclic amines) is 1. The van der Waals surface area contributed by atoms with E-state index in [1.807, 2.05) is 0 Å². The number of piperidine rings is 1. The van der Waals surface area contributed by atoms with E-state index in [9.17, 15) is 4.79 Å². The molecular formula is C14H28N2O. The van der Waals surface area contributed by atoms with Gasteiger partial charge in [-0.2, -0.15) is 0 Å². The predicted molar refractivity (Wildman–Crippen MR) is 71.6 cm³/mol. The molecular weight excluding hydrogens is 212 g/mol. The molecule has 0 aromatic carbocycles. The third kappa shape index (κ3) is 4.66. The Hall–Kier alpha value is -0.570. The van der Waals surface area contributed by atoms with Crippen LogP contribution in [0.25, 0.3) is 0 Å². The Morgan fingerprint density at radius 3 is 2.65 bits per heavy atom. The maximum absolute atomic E-state index is 12.2. The molecule has 1 aliphatic heterocycles. The first kappa shape index (κ1) is 14.5. The molecule has 0 saturated carbocycles. The van der Waals surface area contributed by atoms with Gasteiger partial charge in [0.15, 0.2) is 0 Å². The third-order valence-electron chi connectivity index (χ3n) is 3.72. The second-order valence-corrected chi connectivity index (χ2v) is 5.87. The molecule has 1 rings (SSSR count). The zero-order valence-electron chi connectivity index (χ0n) is 11.6. The predicted octanol–water partition coefficient (Wildman–Crippen LogP) is 2.40. The smallest absolute Gasteiger partial charge is 0.223 e. The Labute approximate surface area is 106 Å². The summed E-state index contributed by atoms with van der Waals surface area (Å²) in [6.45, 7) is 8.12. The van der Waals surface area contributed by atoms with Crippen LogP contribution in [0, 0.1) is 11.8 Å². The van der Waals surface area contributed by atoms with Crippen LogP contribution in [0.3, 0.4) is 0 Å². The molecule has 1 fully saturated rings. The van der Waals surface area contributed by atoms with Crippen LogP contribution in [-0.2, 0) is 4.79 Å². The molecule has 2 atom stereocenters. The highest BCUT2D eigenvalue weighted by molar-refractivity contribution is 5.76. The van der Waals surface area contributed by atoms with Gasteiger partial charge in [-0.3, -0.25) is 4.79 Å². The van der Waals surface area contributed by atoms with Crippen molar-refractivity contribution in [1.82, 2.24) is 4.90 Å². The van der Waals surface area contributed by atoms with Crippen molar-refractivity contribution < 1.29 is 4.79 Å². The van der Waals surface area contributed by atoms with Gasteiger partial charge in [-0.25, -0.2) is 0 Å². The van der Waals surface area contributed by atoms with Gasteiger partial charge in [0, 0.05) is 19.0 Å². The lowest BCUT2D eigenvalue weighted by molar-refractivity contribution is -0.135. The van der Waals surface area contributed by atoms with Gasteiger partial charge in [-0.05, 0) is 51.0 Å². The third-order valence-corrected chi connectivity index (χ3v) is 3.72. The molecule has 0 aromatic heterocycles. The van der Waals surface area contributed by atoms with Gasteiger partial charge in [0.1, 0.15) is 0 Å². The maximum atomic E-state index is 12.2. The monoisotopic (exact) mass is 240 g/mol. The molecule has 0 spiro atoms. The van der Waals surface area contributed by atoms with Crippen LogP contribution in [0.2, 0.25) is 0 Å². The van der Waals surface area contributed by atoms with Crippen molar-refractivity contribution in [1.29, 1.82) is 0 Å². The highest BCUT2D eigenvalue weighted by Crippen LogP contribution is 2.21. The van der Waals surface area contributed by atoms with E-state index < -0.39 is 0 Å². The van der Waals surface area contributed by atoms with Crippen molar-refractivity contribution in [2.45, 2.75) is 58.9 Å². The lowest BCUT2D eigenvalue weighted by atomic mass is 9.93. The summed E-state index contributed by atoms with van der Waals surface area (Å²) in [5.41, 5.74) is 5.76. The zero-order chi connectivity index (χ0) is 12.8. The molecule has 1 aliphatic rings. The van der Waals surface area contributed by atoms with Crippen LogP contribution in [0.15, 0.2) is 0 Å². The second-order valence-electron chi connectivity index (χ2n) is 5.87. The molecule has 3 heteroatoms. The number of nitrogens with zero attached hydrogens (tertiary/aromatic N) is 1. The number of nitrogens with two attached hydrogens (primary N) is 1. The molecule has 1 amide bonds. The Morgan fingerprint density at radius 1 is 1.41 bits per heavy atom. The molecule has 1 heterocycles. The Kier molecular flexibility index (Phi) is 5.96. The van der Waals surface area contributed by atoms with E-state index in [1.54, 1.807) is 0 Å². The van der Waals surface area contributed by atoms with E-state index in [1.165, 1.54) is 6.42 Å². The highest BCUT2D eigenvalue weighted by atomic mass is 16.2. The quantitative estimate of drug-likeness (QED) is 0.802. The zero-order valence-corrected chi connectivity index (χ0v) is 11.6. The first-order chi connectivity index (χ1) is 8.04. The van der Waals surface area contributed by atoms with Crippen molar-refractivity contribution in [3.05, 3.63) is 0 Å². The molecule has 2 N–H and O–H groups in total. The van der Waals surface area contributed by atoms with Crippen LogP contribution < -0.4 is 5.73 Å². The van der Waals surface area contributed by atoms with Crippen molar-refractivity contribution in [3.8, 4) is 0 Å². The molecule has 2 unspecified atom stereocenters. The molecule has 1 saturated heterocycles. The average Bonchev–Trinajstić information content (AvgIpc) is 2.27. The normalized spacial score (nSPS) is 22.9. The van der Waals surface area contributed by atoms with Crippen LogP contribution in [-0.4, -0.2) is 29.9 Å². The van der Waals surface area contributed by atoms with E-state index in [0.29, 0.717) is 36.8 Å². The van der Waals surface area contributed by atoms with E-state index in [-0.39, 0.29) is 0 Å². The second kappa shape index (κ2) is 7.00. The minimum absolute atomic E-state index is 0.313. The summed E-state index contributed by atoms with van der Waals surface area (Å²) in [7, 11) is 0. The molecule has 0 radical (unpaired) electrons. The number of amides is 1. The van der Waals surface area contributed by atoms with Crippen molar-refractivity contribution in [2.75, 3.05) is 13.1 Å². The van der Waals surface area contributed by atoms with Gasteiger partial charge in [-0.1, -0.05) is 13.8 Å². The fraction of sp³-hybridized carbons (Fsp3) is 0.929. The Bertz CT molecular complexity index is 240. The summed E-state index contributed by atoms with van der Waals surface area (Å²) in [4.78, 5) is 14.3. The molecule has 17 heavy (non-hydrogen) atoms. The Morgan fingerprint density at radius 2 is 2.12 bits per heavy atom. The molecule has 0 aliphatic carbocycles. The summed E-state index contributed by atoms with van der Waals surface area (Å²) in [6.07, 6.45) is 5.28. The van der Waals surface area contributed by atoms with Crippen LogP contribution in [0.1, 0.15) is 52.9 Å². The minimum Gasteiger partial charge on any atom is -0.340 e. The standard InChI is InChI=1S/C14H28N2O/c1-11(2)8-13(10-15)9-14(17)16-7-5-4-6-12(16)3/h11-13H,4-10,15H2,1-3H3. The molecule has 0 aromatic rings.